The Balaban J connectivity index is 2.29. The molecule has 1 aliphatic rings. The molecule has 0 amide bonds. The van der Waals surface area contributed by atoms with Gasteiger partial charge in [-0.15, -0.1) is 0 Å². The van der Waals surface area contributed by atoms with Crippen molar-refractivity contribution in [1.29, 1.82) is 0 Å². The average molecular weight is 338 g/mol. The second-order valence-electron chi connectivity index (χ2n) is 3.57. The van der Waals surface area contributed by atoms with Gasteiger partial charge in [0.2, 0.25) is 0 Å². The number of ether oxygens (including phenoxy) is 1. The number of hydrogen-bond donors (Lipinski definition) is 0. The molecule has 1 heterocycles. The number of halogens is 2. The van der Waals surface area contributed by atoms with Gasteiger partial charge in [-0.05, 0) is 50.6 Å². The van der Waals surface area contributed by atoms with Crippen LogP contribution in [-0.4, -0.2) is 22.6 Å². The SMILES string of the molecule is COC(=O)c1nc(Br)n(CC2CC2)c1Br. The highest BCUT2D eigenvalue weighted by molar-refractivity contribution is 9.11. The van der Waals surface area contributed by atoms with E-state index in [2.05, 4.69) is 41.6 Å². The van der Waals surface area contributed by atoms with Crippen LogP contribution in [0.25, 0.3) is 0 Å². The average Bonchev–Trinajstić information content (AvgIpc) is 2.99. The molecule has 2 rings (SSSR count). The number of carbonyl (C=O) groups excluding carboxylic acids is 1. The highest BCUT2D eigenvalue weighted by Crippen LogP contribution is 2.34. The minimum absolute atomic E-state index is 0.324. The van der Waals surface area contributed by atoms with Crippen molar-refractivity contribution in [3.63, 3.8) is 0 Å². The fourth-order valence-corrected chi connectivity index (χ4v) is 2.65. The first-order chi connectivity index (χ1) is 7.13. The fourth-order valence-electron chi connectivity index (χ4n) is 1.35. The van der Waals surface area contributed by atoms with Crippen LogP contribution in [-0.2, 0) is 11.3 Å². The summed E-state index contributed by atoms with van der Waals surface area (Å²) in [4.78, 5) is 15.5. The molecule has 6 heteroatoms. The molecule has 1 aromatic rings. The van der Waals surface area contributed by atoms with E-state index in [0.29, 0.717) is 15.0 Å². The smallest absolute Gasteiger partial charge is 0.359 e. The number of rotatable bonds is 3. The minimum atomic E-state index is -0.419. The summed E-state index contributed by atoms with van der Waals surface area (Å²) >= 11 is 6.71. The van der Waals surface area contributed by atoms with Crippen LogP contribution in [0.2, 0.25) is 0 Å². The van der Waals surface area contributed by atoms with Gasteiger partial charge in [0.25, 0.3) is 0 Å². The molecule has 1 fully saturated rings. The molecule has 15 heavy (non-hydrogen) atoms. The first-order valence-corrected chi connectivity index (χ1v) is 6.22. The van der Waals surface area contributed by atoms with Crippen LogP contribution in [0.5, 0.6) is 0 Å². The van der Waals surface area contributed by atoms with Crippen molar-refractivity contribution in [3.8, 4) is 0 Å². The van der Waals surface area contributed by atoms with E-state index in [1.165, 1.54) is 20.0 Å². The topological polar surface area (TPSA) is 44.1 Å². The normalized spacial score (nSPS) is 15.4. The third kappa shape index (κ3) is 2.25. The second-order valence-corrected chi connectivity index (χ2v) is 5.03. The third-order valence-corrected chi connectivity index (χ3v) is 3.78. The molecule has 0 N–H and O–H groups in total. The summed E-state index contributed by atoms with van der Waals surface area (Å²) in [5.74, 6) is 0.300. The Morgan fingerprint density at radius 2 is 2.27 bits per heavy atom. The van der Waals surface area contributed by atoms with Gasteiger partial charge in [0, 0.05) is 6.54 Å². The van der Waals surface area contributed by atoms with E-state index in [-0.39, 0.29) is 0 Å². The number of imidazole rings is 1. The Hall–Kier alpha value is -0.360. The minimum Gasteiger partial charge on any atom is -0.464 e. The maximum atomic E-state index is 11.4. The van der Waals surface area contributed by atoms with Crippen molar-refractivity contribution in [2.45, 2.75) is 19.4 Å². The Labute approximate surface area is 104 Å². The van der Waals surface area contributed by atoms with Gasteiger partial charge < -0.3 is 9.30 Å². The van der Waals surface area contributed by atoms with Gasteiger partial charge in [0.15, 0.2) is 10.4 Å². The Kier molecular flexibility index (Phi) is 3.16. The zero-order valence-corrected chi connectivity index (χ0v) is 11.3. The van der Waals surface area contributed by atoms with Crippen molar-refractivity contribution in [1.82, 2.24) is 9.55 Å². The monoisotopic (exact) mass is 336 g/mol. The summed E-state index contributed by atoms with van der Waals surface area (Å²) in [7, 11) is 1.35. The third-order valence-electron chi connectivity index (χ3n) is 2.38. The van der Waals surface area contributed by atoms with E-state index in [4.69, 9.17) is 0 Å². The van der Waals surface area contributed by atoms with Gasteiger partial charge in [-0.3, -0.25) is 0 Å². The first-order valence-electron chi connectivity index (χ1n) is 4.63. The van der Waals surface area contributed by atoms with Crippen LogP contribution < -0.4 is 0 Å². The molecular weight excluding hydrogens is 328 g/mol. The summed E-state index contributed by atoms with van der Waals surface area (Å²) in [6, 6.07) is 0. The molecule has 0 saturated heterocycles. The highest BCUT2D eigenvalue weighted by atomic mass is 79.9. The summed E-state index contributed by atoms with van der Waals surface area (Å²) in [5.41, 5.74) is 0.324. The lowest BCUT2D eigenvalue weighted by Crippen LogP contribution is -2.04. The van der Waals surface area contributed by atoms with Gasteiger partial charge in [0.05, 0.1) is 7.11 Å². The Morgan fingerprint density at radius 1 is 1.60 bits per heavy atom. The number of methoxy groups -OCH3 is 1. The first kappa shape index (κ1) is 11.1. The number of aromatic nitrogens is 2. The second kappa shape index (κ2) is 4.25. The molecule has 0 atom stereocenters. The number of carbonyl (C=O) groups is 1. The fraction of sp³-hybridized carbons (Fsp3) is 0.556. The Morgan fingerprint density at radius 3 is 2.80 bits per heavy atom. The van der Waals surface area contributed by atoms with Crippen LogP contribution in [0, 0.1) is 5.92 Å². The zero-order valence-electron chi connectivity index (χ0n) is 8.17. The summed E-state index contributed by atoms with van der Waals surface area (Å²) < 4.78 is 7.95. The van der Waals surface area contributed by atoms with Crippen molar-refractivity contribution in [3.05, 3.63) is 15.0 Å². The van der Waals surface area contributed by atoms with E-state index >= 15 is 0 Å². The number of esters is 1. The van der Waals surface area contributed by atoms with Crippen molar-refractivity contribution < 1.29 is 9.53 Å². The zero-order chi connectivity index (χ0) is 11.0. The summed E-state index contributed by atoms with van der Waals surface area (Å²) in [6.07, 6.45) is 2.51. The molecule has 0 aromatic carbocycles. The van der Waals surface area contributed by atoms with Gasteiger partial charge in [-0.25, -0.2) is 9.78 Å². The summed E-state index contributed by atoms with van der Waals surface area (Å²) in [5, 5.41) is 0. The molecule has 0 bridgehead atoms. The van der Waals surface area contributed by atoms with Gasteiger partial charge in [-0.2, -0.15) is 0 Å². The highest BCUT2D eigenvalue weighted by Gasteiger charge is 2.26. The molecule has 0 unspecified atom stereocenters. The van der Waals surface area contributed by atoms with Crippen LogP contribution in [0.4, 0.5) is 0 Å². The molecular formula is C9H10Br2N2O2. The van der Waals surface area contributed by atoms with E-state index in [9.17, 15) is 4.79 Å². The molecule has 4 nitrogen and oxygen atoms in total. The lowest BCUT2D eigenvalue weighted by molar-refractivity contribution is 0.0593. The van der Waals surface area contributed by atoms with Crippen LogP contribution in [0.3, 0.4) is 0 Å². The van der Waals surface area contributed by atoms with Crippen LogP contribution in [0.1, 0.15) is 23.3 Å². The van der Waals surface area contributed by atoms with Crippen LogP contribution >= 0.6 is 31.9 Å². The van der Waals surface area contributed by atoms with Crippen molar-refractivity contribution in [2.24, 2.45) is 5.92 Å². The van der Waals surface area contributed by atoms with E-state index in [0.717, 1.165) is 12.5 Å². The lowest BCUT2D eigenvalue weighted by atomic mass is 10.4. The molecule has 1 saturated carbocycles. The molecule has 1 aliphatic carbocycles. The summed E-state index contributed by atoms with van der Waals surface area (Å²) in [6.45, 7) is 0.894. The molecule has 0 spiro atoms. The molecule has 82 valence electrons. The quantitative estimate of drug-likeness (QED) is 0.796. The Bertz CT molecular complexity index is 399. The lowest BCUT2D eigenvalue weighted by Gasteiger charge is -2.03. The van der Waals surface area contributed by atoms with Crippen molar-refractivity contribution in [2.75, 3.05) is 7.11 Å². The predicted octanol–water partition coefficient (Wildman–Crippen LogP) is 2.60. The number of hydrogen-bond acceptors (Lipinski definition) is 3. The molecule has 1 aromatic heterocycles. The van der Waals surface area contributed by atoms with Gasteiger partial charge in [-0.1, -0.05) is 0 Å². The number of nitrogens with zero attached hydrogens (tertiary/aromatic N) is 2. The van der Waals surface area contributed by atoms with Gasteiger partial charge in [0.1, 0.15) is 4.60 Å². The standard InChI is InChI=1S/C9H10Br2N2O2/c1-15-8(14)6-7(10)13(9(11)12-6)4-5-2-3-5/h5H,2-4H2,1H3. The van der Waals surface area contributed by atoms with Crippen molar-refractivity contribution >= 4 is 37.8 Å². The predicted molar refractivity (Wildman–Crippen MR) is 61.7 cm³/mol. The molecule has 0 radical (unpaired) electrons. The van der Waals surface area contributed by atoms with Gasteiger partial charge >= 0.3 is 5.97 Å². The van der Waals surface area contributed by atoms with E-state index < -0.39 is 5.97 Å². The maximum Gasteiger partial charge on any atom is 0.359 e. The van der Waals surface area contributed by atoms with E-state index in [1.807, 2.05) is 4.57 Å². The maximum absolute atomic E-state index is 11.4. The van der Waals surface area contributed by atoms with E-state index in [1.54, 1.807) is 0 Å². The van der Waals surface area contributed by atoms with Crippen LogP contribution in [0.15, 0.2) is 9.34 Å². The molecule has 0 aliphatic heterocycles. The largest absolute Gasteiger partial charge is 0.464 e.